The highest BCUT2D eigenvalue weighted by Gasteiger charge is 2.31. The minimum atomic E-state index is 0.523. The topological polar surface area (TPSA) is 12.0 Å². The lowest BCUT2D eigenvalue weighted by Crippen LogP contribution is -2.42. The van der Waals surface area contributed by atoms with Crippen molar-refractivity contribution in [3.8, 4) is 0 Å². The average Bonchev–Trinajstić information content (AvgIpc) is 2.00. The minimum Gasteiger partial charge on any atom is -0.309 e. The van der Waals surface area contributed by atoms with Crippen LogP contribution in [0.15, 0.2) is 11.6 Å². The van der Waals surface area contributed by atoms with E-state index in [1.165, 1.54) is 19.3 Å². The van der Waals surface area contributed by atoms with Crippen LogP contribution in [0.25, 0.3) is 0 Å². The molecule has 1 aliphatic rings. The van der Waals surface area contributed by atoms with Gasteiger partial charge in [-0.15, -0.1) is 0 Å². The molecule has 1 aliphatic carbocycles. The van der Waals surface area contributed by atoms with E-state index in [0.29, 0.717) is 16.5 Å². The van der Waals surface area contributed by atoms with Gasteiger partial charge in [0.2, 0.25) is 0 Å². The molecule has 0 aromatic carbocycles. The lowest BCUT2D eigenvalue weighted by Gasteiger charge is -2.39. The molecule has 0 saturated heterocycles. The van der Waals surface area contributed by atoms with Crippen molar-refractivity contribution < 1.29 is 0 Å². The molecule has 1 N–H and O–H groups in total. The van der Waals surface area contributed by atoms with Gasteiger partial charge in [0.15, 0.2) is 0 Å². The third-order valence-electron chi connectivity index (χ3n) is 3.25. The standard InChI is InChI=1S/C12H22ClN/c1-9-7-12(3,4)6-5-11(9)14-8-10(2)13/h9,11,14H,2,5-8H2,1,3-4H3. The van der Waals surface area contributed by atoms with Crippen LogP contribution in [0.3, 0.4) is 0 Å². The summed E-state index contributed by atoms with van der Waals surface area (Å²) in [7, 11) is 0. The van der Waals surface area contributed by atoms with Crippen molar-refractivity contribution in [1.29, 1.82) is 0 Å². The van der Waals surface area contributed by atoms with E-state index < -0.39 is 0 Å². The van der Waals surface area contributed by atoms with E-state index in [9.17, 15) is 0 Å². The van der Waals surface area contributed by atoms with E-state index in [1.807, 2.05) is 0 Å². The molecule has 0 spiro atoms. The average molecular weight is 216 g/mol. The van der Waals surface area contributed by atoms with Crippen LogP contribution in [-0.4, -0.2) is 12.6 Å². The molecule has 2 heteroatoms. The molecule has 0 radical (unpaired) electrons. The Labute approximate surface area is 92.9 Å². The molecule has 0 bridgehead atoms. The Bertz CT molecular complexity index is 210. The monoisotopic (exact) mass is 215 g/mol. The van der Waals surface area contributed by atoms with Crippen LogP contribution in [-0.2, 0) is 0 Å². The van der Waals surface area contributed by atoms with Crippen LogP contribution < -0.4 is 5.32 Å². The quantitative estimate of drug-likeness (QED) is 0.760. The summed E-state index contributed by atoms with van der Waals surface area (Å²) >= 11 is 5.74. The smallest absolute Gasteiger partial charge is 0.0310 e. The van der Waals surface area contributed by atoms with Gasteiger partial charge >= 0.3 is 0 Å². The fraction of sp³-hybridized carbons (Fsp3) is 0.833. The predicted octanol–water partition coefficient (Wildman–Crippen LogP) is 3.54. The molecular formula is C12H22ClN. The largest absolute Gasteiger partial charge is 0.309 e. The zero-order valence-corrected chi connectivity index (χ0v) is 10.3. The molecule has 0 aromatic rings. The molecule has 2 atom stereocenters. The predicted molar refractivity (Wildman–Crippen MR) is 63.6 cm³/mol. The molecule has 1 rings (SSSR count). The SMILES string of the molecule is C=C(Cl)CNC1CCC(C)(C)CC1C. The van der Waals surface area contributed by atoms with Gasteiger partial charge < -0.3 is 5.32 Å². The second kappa shape index (κ2) is 4.67. The minimum absolute atomic E-state index is 0.523. The summed E-state index contributed by atoms with van der Waals surface area (Å²) in [5.41, 5.74) is 0.523. The lowest BCUT2D eigenvalue weighted by atomic mass is 9.70. The highest BCUT2D eigenvalue weighted by molar-refractivity contribution is 6.29. The Morgan fingerprint density at radius 3 is 2.71 bits per heavy atom. The molecule has 0 heterocycles. The van der Waals surface area contributed by atoms with E-state index in [-0.39, 0.29) is 0 Å². The molecule has 2 unspecified atom stereocenters. The third-order valence-corrected chi connectivity index (χ3v) is 3.38. The van der Waals surface area contributed by atoms with Gasteiger partial charge in [0.25, 0.3) is 0 Å². The lowest BCUT2D eigenvalue weighted by molar-refractivity contribution is 0.151. The molecule has 14 heavy (non-hydrogen) atoms. The molecule has 0 aliphatic heterocycles. The zero-order chi connectivity index (χ0) is 10.8. The Hall–Kier alpha value is -0.0100. The van der Waals surface area contributed by atoms with Gasteiger partial charge in [0.1, 0.15) is 0 Å². The van der Waals surface area contributed by atoms with Gasteiger partial charge in [0, 0.05) is 17.6 Å². The summed E-state index contributed by atoms with van der Waals surface area (Å²) in [6.07, 6.45) is 3.88. The van der Waals surface area contributed by atoms with Crippen LogP contribution in [0.2, 0.25) is 0 Å². The maximum absolute atomic E-state index is 5.74. The zero-order valence-electron chi connectivity index (χ0n) is 9.57. The van der Waals surface area contributed by atoms with Crippen LogP contribution in [0.5, 0.6) is 0 Å². The van der Waals surface area contributed by atoms with E-state index in [2.05, 4.69) is 32.7 Å². The second-order valence-electron chi connectivity index (χ2n) is 5.39. The van der Waals surface area contributed by atoms with Crippen LogP contribution in [0, 0.1) is 11.3 Å². The highest BCUT2D eigenvalue weighted by Crippen LogP contribution is 2.38. The molecule has 1 saturated carbocycles. The Morgan fingerprint density at radius 1 is 1.57 bits per heavy atom. The molecular weight excluding hydrogens is 194 g/mol. The van der Waals surface area contributed by atoms with Crippen LogP contribution >= 0.6 is 11.6 Å². The van der Waals surface area contributed by atoms with E-state index in [0.717, 1.165) is 12.5 Å². The first kappa shape index (κ1) is 12.1. The number of nitrogens with one attached hydrogen (secondary N) is 1. The van der Waals surface area contributed by atoms with Gasteiger partial charge in [-0.2, -0.15) is 0 Å². The normalized spacial score (nSPS) is 31.4. The molecule has 0 aromatic heterocycles. The van der Waals surface area contributed by atoms with Gasteiger partial charge in [0.05, 0.1) is 0 Å². The summed E-state index contributed by atoms with van der Waals surface area (Å²) in [6, 6.07) is 0.624. The second-order valence-corrected chi connectivity index (χ2v) is 5.92. The van der Waals surface area contributed by atoms with E-state index in [4.69, 9.17) is 11.6 Å². The maximum Gasteiger partial charge on any atom is 0.0310 e. The third kappa shape index (κ3) is 3.62. The summed E-state index contributed by atoms with van der Waals surface area (Å²) in [5.74, 6) is 0.745. The van der Waals surface area contributed by atoms with E-state index >= 15 is 0 Å². The van der Waals surface area contributed by atoms with Gasteiger partial charge in [-0.1, -0.05) is 39.0 Å². The Morgan fingerprint density at radius 2 is 2.21 bits per heavy atom. The molecule has 1 nitrogen and oxygen atoms in total. The first-order chi connectivity index (χ1) is 6.41. The van der Waals surface area contributed by atoms with Crippen molar-refractivity contribution in [1.82, 2.24) is 5.32 Å². The van der Waals surface area contributed by atoms with Crippen molar-refractivity contribution in [2.75, 3.05) is 6.54 Å². The van der Waals surface area contributed by atoms with Crippen molar-refractivity contribution in [2.45, 2.75) is 46.1 Å². The molecule has 1 fully saturated rings. The van der Waals surface area contributed by atoms with Gasteiger partial charge in [-0.25, -0.2) is 0 Å². The summed E-state index contributed by atoms with van der Waals surface area (Å²) < 4.78 is 0. The number of halogens is 1. The Kier molecular flexibility index (Phi) is 4.03. The van der Waals surface area contributed by atoms with Gasteiger partial charge in [-0.3, -0.25) is 0 Å². The first-order valence-electron chi connectivity index (χ1n) is 5.47. The molecule has 0 amide bonds. The van der Waals surface area contributed by atoms with Crippen molar-refractivity contribution in [3.63, 3.8) is 0 Å². The van der Waals surface area contributed by atoms with Crippen molar-refractivity contribution in [3.05, 3.63) is 11.6 Å². The highest BCUT2D eigenvalue weighted by atomic mass is 35.5. The van der Waals surface area contributed by atoms with Crippen LogP contribution in [0.1, 0.15) is 40.0 Å². The maximum atomic E-state index is 5.74. The molecule has 82 valence electrons. The summed E-state index contributed by atoms with van der Waals surface area (Å²) in [6.45, 7) is 11.5. The van der Waals surface area contributed by atoms with E-state index in [1.54, 1.807) is 0 Å². The Balaban J connectivity index is 2.38. The first-order valence-corrected chi connectivity index (χ1v) is 5.85. The van der Waals surface area contributed by atoms with Crippen molar-refractivity contribution in [2.24, 2.45) is 11.3 Å². The number of hydrogen-bond donors (Lipinski definition) is 1. The fourth-order valence-electron chi connectivity index (χ4n) is 2.49. The summed E-state index contributed by atoms with van der Waals surface area (Å²) in [5, 5.41) is 4.19. The number of rotatable bonds is 3. The van der Waals surface area contributed by atoms with Crippen molar-refractivity contribution >= 4 is 11.6 Å². The number of hydrogen-bond acceptors (Lipinski definition) is 1. The van der Waals surface area contributed by atoms with Gasteiger partial charge in [-0.05, 0) is 30.6 Å². The fourth-order valence-corrected chi connectivity index (χ4v) is 2.57. The van der Waals surface area contributed by atoms with Crippen LogP contribution in [0.4, 0.5) is 0 Å². The summed E-state index contributed by atoms with van der Waals surface area (Å²) in [4.78, 5) is 0.